The number of hydrogen-bond acceptors (Lipinski definition) is 8. The van der Waals surface area contributed by atoms with Crippen LogP contribution in [-0.4, -0.2) is 87.8 Å². The molecule has 1 aromatic carbocycles. The lowest BCUT2D eigenvalue weighted by Gasteiger charge is -2.44. The number of oxime groups is 1. The average Bonchev–Trinajstić information content (AvgIpc) is 3.35. The van der Waals surface area contributed by atoms with E-state index < -0.39 is 34.8 Å². The number of nitrogens with one attached hydrogen (secondary N) is 1. The summed E-state index contributed by atoms with van der Waals surface area (Å²) in [5, 5.41) is 6.72. The summed E-state index contributed by atoms with van der Waals surface area (Å²) >= 11 is 1.51. The van der Waals surface area contributed by atoms with Crippen molar-refractivity contribution in [2.24, 2.45) is 11.1 Å². The van der Waals surface area contributed by atoms with Crippen LogP contribution in [0.2, 0.25) is 0 Å². The zero-order valence-corrected chi connectivity index (χ0v) is 21.7. The van der Waals surface area contributed by atoms with Gasteiger partial charge in [-0.2, -0.15) is 0 Å². The molecule has 0 aliphatic carbocycles. The summed E-state index contributed by atoms with van der Waals surface area (Å²) in [6.07, 6.45) is -0.447. The molecule has 0 saturated carbocycles. The van der Waals surface area contributed by atoms with Crippen molar-refractivity contribution in [3.63, 3.8) is 0 Å². The normalized spacial score (nSPS) is 28.7. The molecule has 0 bridgehead atoms. The van der Waals surface area contributed by atoms with Gasteiger partial charge in [0.2, 0.25) is 11.8 Å². The number of amides is 2. The highest BCUT2D eigenvalue weighted by molar-refractivity contribution is 8.01. The highest BCUT2D eigenvalue weighted by Gasteiger charge is 2.64. The first-order valence-electron chi connectivity index (χ1n) is 12.2. The molecule has 2 saturated heterocycles. The molecule has 3 aliphatic rings. The summed E-state index contributed by atoms with van der Waals surface area (Å²) < 4.78 is 5.03. The lowest BCUT2D eigenvalue weighted by Crippen LogP contribution is -2.71. The van der Waals surface area contributed by atoms with Crippen LogP contribution in [0.4, 0.5) is 0 Å². The van der Waals surface area contributed by atoms with E-state index in [0.29, 0.717) is 12.3 Å². The average molecular weight is 503 g/mol. The largest absolute Gasteiger partial charge is 0.463 e. The number of β-lactam (4-membered cyclic amide) rings is 1. The molecule has 9 nitrogen and oxygen atoms in total. The Morgan fingerprint density at radius 2 is 1.91 bits per heavy atom. The van der Waals surface area contributed by atoms with E-state index in [1.807, 2.05) is 44.2 Å². The molecule has 2 unspecified atom stereocenters. The minimum atomic E-state index is -0.704. The molecule has 5 atom stereocenters. The summed E-state index contributed by atoms with van der Waals surface area (Å²) in [6.45, 7) is 12.5. The number of fused-ring (bicyclic) bond motifs is 1. The van der Waals surface area contributed by atoms with Crippen molar-refractivity contribution in [2.45, 2.75) is 62.9 Å². The van der Waals surface area contributed by atoms with E-state index in [1.165, 1.54) is 11.8 Å². The number of benzene rings is 1. The highest BCUT2D eigenvalue weighted by atomic mass is 32.2. The maximum Gasteiger partial charge on any atom is 0.330 e. The Morgan fingerprint density at radius 1 is 1.23 bits per heavy atom. The van der Waals surface area contributed by atoms with Crippen molar-refractivity contribution in [3.05, 3.63) is 35.9 Å². The third-order valence-corrected chi connectivity index (χ3v) is 8.51. The molecule has 4 rings (SSSR count). The molecule has 10 heteroatoms. The third-order valence-electron chi connectivity index (χ3n) is 6.94. The number of hydrogen-bond donors (Lipinski definition) is 1. The second kappa shape index (κ2) is 10.2. The fraction of sp³-hybridized carbons (Fsp3) is 0.600. The van der Waals surface area contributed by atoms with Gasteiger partial charge in [-0.1, -0.05) is 49.3 Å². The second-order valence-corrected chi connectivity index (χ2v) is 11.3. The van der Waals surface area contributed by atoms with E-state index in [9.17, 15) is 14.4 Å². The lowest BCUT2D eigenvalue weighted by molar-refractivity contribution is -0.164. The van der Waals surface area contributed by atoms with E-state index in [1.54, 1.807) is 11.8 Å². The fourth-order valence-corrected chi connectivity index (χ4v) is 6.54. The molecular formula is C25H34N4O5S. The van der Waals surface area contributed by atoms with Crippen LogP contribution in [0.15, 0.2) is 35.5 Å². The van der Waals surface area contributed by atoms with Gasteiger partial charge >= 0.3 is 5.97 Å². The molecule has 0 spiro atoms. The van der Waals surface area contributed by atoms with Crippen LogP contribution in [0.3, 0.4) is 0 Å². The first kappa shape index (κ1) is 25.5. The topological polar surface area (TPSA) is 101 Å². The van der Waals surface area contributed by atoms with Crippen LogP contribution in [0.1, 0.15) is 40.2 Å². The van der Waals surface area contributed by atoms with E-state index in [0.717, 1.165) is 18.7 Å². The van der Waals surface area contributed by atoms with Gasteiger partial charge in [-0.25, -0.2) is 4.79 Å². The Morgan fingerprint density at radius 3 is 2.57 bits per heavy atom. The SMILES string of the molecule is CCN(CC)CCOC(=O)[C@@H]1N2C(=O)[C@@H](NC(=O)C3C(c4ccccc4)=NOC3C)[C@H]2SC1(C)C. The first-order valence-corrected chi connectivity index (χ1v) is 13.1. The number of likely N-dealkylation sites (N-methyl/N-ethyl adjacent to an activating group) is 1. The van der Waals surface area contributed by atoms with Crippen LogP contribution in [0.5, 0.6) is 0 Å². The maximum absolute atomic E-state index is 13.3. The van der Waals surface area contributed by atoms with Crippen molar-refractivity contribution in [1.29, 1.82) is 0 Å². The van der Waals surface area contributed by atoms with Crippen molar-refractivity contribution >= 4 is 35.3 Å². The van der Waals surface area contributed by atoms with E-state index in [2.05, 4.69) is 29.2 Å². The van der Waals surface area contributed by atoms with E-state index in [4.69, 9.17) is 9.57 Å². The highest BCUT2D eigenvalue weighted by Crippen LogP contribution is 2.51. The van der Waals surface area contributed by atoms with Crippen molar-refractivity contribution in [1.82, 2.24) is 15.1 Å². The Balaban J connectivity index is 1.41. The molecule has 0 aromatic heterocycles. The quantitative estimate of drug-likeness (QED) is 0.406. The summed E-state index contributed by atoms with van der Waals surface area (Å²) in [7, 11) is 0. The number of esters is 1. The zero-order chi connectivity index (χ0) is 25.3. The monoisotopic (exact) mass is 502 g/mol. The molecule has 35 heavy (non-hydrogen) atoms. The van der Waals surface area contributed by atoms with Crippen molar-refractivity contribution in [3.8, 4) is 0 Å². The summed E-state index contributed by atoms with van der Waals surface area (Å²) in [5.74, 6) is -1.60. The first-order chi connectivity index (χ1) is 16.7. The molecular weight excluding hydrogens is 468 g/mol. The van der Waals surface area contributed by atoms with Gasteiger partial charge in [0, 0.05) is 16.9 Å². The molecule has 3 aliphatic heterocycles. The molecule has 190 valence electrons. The van der Waals surface area contributed by atoms with E-state index >= 15 is 0 Å². The zero-order valence-electron chi connectivity index (χ0n) is 20.9. The van der Waals surface area contributed by atoms with Gasteiger partial charge < -0.3 is 24.7 Å². The predicted octanol–water partition coefficient (Wildman–Crippen LogP) is 1.86. The fourth-order valence-electron chi connectivity index (χ4n) is 4.92. The Hall–Kier alpha value is -2.59. The number of rotatable bonds is 9. The van der Waals surface area contributed by atoms with Crippen LogP contribution in [-0.2, 0) is 24.0 Å². The number of nitrogens with zero attached hydrogens (tertiary/aromatic N) is 3. The van der Waals surface area contributed by atoms with Crippen LogP contribution in [0, 0.1) is 5.92 Å². The standard InChI is InChI=1S/C25H34N4O5S/c1-6-28(7-2)13-14-33-24(32)20-25(4,5)35-23-19(22(31)29(20)23)26-21(30)17-15(3)34-27-18(17)16-11-9-8-10-12-16/h8-12,15,17,19-20,23H,6-7,13-14H2,1-5H3,(H,26,30)/t15?,17?,19-,20+,23-/m1/s1. The predicted molar refractivity (Wildman–Crippen MR) is 134 cm³/mol. The number of ether oxygens (including phenoxy) is 1. The molecule has 3 heterocycles. The molecule has 1 N–H and O–H groups in total. The Bertz CT molecular complexity index is 997. The molecule has 2 fully saturated rings. The lowest BCUT2D eigenvalue weighted by atomic mass is 9.91. The van der Waals surface area contributed by atoms with Crippen molar-refractivity contribution < 1.29 is 24.0 Å². The van der Waals surface area contributed by atoms with Gasteiger partial charge in [0.15, 0.2) is 0 Å². The van der Waals surface area contributed by atoms with Crippen LogP contribution >= 0.6 is 11.8 Å². The molecule has 0 radical (unpaired) electrons. The van der Waals surface area contributed by atoms with Crippen LogP contribution < -0.4 is 5.32 Å². The third kappa shape index (κ3) is 4.78. The molecule has 1 aromatic rings. The summed E-state index contributed by atoms with van der Waals surface area (Å²) in [4.78, 5) is 48.5. The van der Waals surface area contributed by atoms with Gasteiger partial charge in [0.05, 0.1) is 0 Å². The molecule has 2 amide bonds. The van der Waals surface area contributed by atoms with Gasteiger partial charge in [-0.3, -0.25) is 9.59 Å². The summed E-state index contributed by atoms with van der Waals surface area (Å²) in [6, 6.07) is 8.01. The number of carbonyl (C=O) groups excluding carboxylic acids is 3. The maximum atomic E-state index is 13.3. The minimum absolute atomic E-state index is 0.267. The number of carbonyl (C=O) groups is 3. The van der Waals surface area contributed by atoms with Crippen molar-refractivity contribution in [2.75, 3.05) is 26.2 Å². The van der Waals surface area contributed by atoms with Crippen LogP contribution in [0.25, 0.3) is 0 Å². The summed E-state index contributed by atoms with van der Waals surface area (Å²) in [5.41, 5.74) is 1.36. The van der Waals surface area contributed by atoms with Gasteiger partial charge in [0.25, 0.3) is 0 Å². The number of thioether (sulfide) groups is 1. The van der Waals surface area contributed by atoms with E-state index in [-0.39, 0.29) is 23.8 Å². The van der Waals surface area contributed by atoms with Gasteiger partial charge in [0.1, 0.15) is 41.8 Å². The Kier molecular flexibility index (Phi) is 7.42. The smallest absolute Gasteiger partial charge is 0.330 e. The second-order valence-electron chi connectivity index (χ2n) is 9.57. The van der Waals surface area contributed by atoms with Gasteiger partial charge in [-0.15, -0.1) is 11.8 Å². The Labute approximate surface area is 210 Å². The van der Waals surface area contributed by atoms with Gasteiger partial charge in [-0.05, 0) is 33.9 Å². The minimum Gasteiger partial charge on any atom is -0.463 e.